The molecule has 0 radical (unpaired) electrons. The molecular formula is C16H20N2O2S. The zero-order chi connectivity index (χ0) is 15.4. The molecule has 1 aliphatic rings. The first kappa shape index (κ1) is 15.6. The highest BCUT2D eigenvalue weighted by molar-refractivity contribution is 8.18. The van der Waals surface area contributed by atoms with Gasteiger partial charge in [-0.2, -0.15) is 0 Å². The fourth-order valence-corrected chi connectivity index (χ4v) is 2.79. The summed E-state index contributed by atoms with van der Waals surface area (Å²) in [7, 11) is 3.43. The van der Waals surface area contributed by atoms with Crippen molar-refractivity contribution in [2.24, 2.45) is 4.99 Å². The lowest BCUT2D eigenvalue weighted by Gasteiger charge is -2.12. The monoisotopic (exact) mass is 304 g/mol. The summed E-state index contributed by atoms with van der Waals surface area (Å²) in [5.41, 5.74) is 0.980. The maximum absolute atomic E-state index is 12.1. The summed E-state index contributed by atoms with van der Waals surface area (Å²) in [6, 6.07) is 7.78. The third-order valence-electron chi connectivity index (χ3n) is 3.28. The molecule has 1 heterocycles. The molecule has 0 aliphatic carbocycles. The quantitative estimate of drug-likeness (QED) is 0.801. The van der Waals surface area contributed by atoms with E-state index in [1.807, 2.05) is 37.3 Å². The standard InChI is InChI=1S/C16H20N2O2S/c1-5-11(2)20-13-8-6-12(7-9-13)10-14-15(19)18(4)16(17-3)21-14/h6-11H,5H2,1-4H3/b14-10-,17-16?/t11-/m0/s1. The number of rotatable bonds is 4. The highest BCUT2D eigenvalue weighted by Gasteiger charge is 2.29. The molecule has 21 heavy (non-hydrogen) atoms. The molecule has 1 aromatic rings. The number of ether oxygens (including phenoxy) is 1. The first-order valence-electron chi connectivity index (χ1n) is 6.96. The van der Waals surface area contributed by atoms with Crippen molar-refractivity contribution in [3.05, 3.63) is 34.7 Å². The van der Waals surface area contributed by atoms with Gasteiger partial charge in [0.05, 0.1) is 11.0 Å². The number of likely N-dealkylation sites (N-methyl/N-ethyl adjacent to an activating group) is 1. The van der Waals surface area contributed by atoms with E-state index in [0.29, 0.717) is 4.91 Å². The Hall–Kier alpha value is -1.75. The van der Waals surface area contributed by atoms with Gasteiger partial charge in [-0.15, -0.1) is 0 Å². The van der Waals surface area contributed by atoms with Crippen molar-refractivity contribution in [3.8, 4) is 5.75 Å². The van der Waals surface area contributed by atoms with Crippen molar-refractivity contribution in [3.63, 3.8) is 0 Å². The predicted octanol–water partition coefficient (Wildman–Crippen LogP) is 3.40. The Morgan fingerprint density at radius 1 is 1.38 bits per heavy atom. The summed E-state index contributed by atoms with van der Waals surface area (Å²) in [5, 5.41) is 0.725. The topological polar surface area (TPSA) is 41.9 Å². The smallest absolute Gasteiger partial charge is 0.266 e. The van der Waals surface area contributed by atoms with E-state index >= 15 is 0 Å². The Bertz CT molecular complexity index is 578. The van der Waals surface area contributed by atoms with Crippen molar-refractivity contribution in [2.45, 2.75) is 26.4 Å². The molecule has 2 rings (SSSR count). The number of benzene rings is 1. The molecule has 0 bridgehead atoms. The minimum atomic E-state index is -0.0134. The molecule has 1 aliphatic heterocycles. The second-order valence-corrected chi connectivity index (χ2v) is 5.90. The maximum atomic E-state index is 12.1. The van der Waals surface area contributed by atoms with Crippen LogP contribution >= 0.6 is 11.8 Å². The van der Waals surface area contributed by atoms with E-state index in [1.165, 1.54) is 11.8 Å². The first-order valence-corrected chi connectivity index (χ1v) is 7.78. The van der Waals surface area contributed by atoms with Crippen LogP contribution in [0.2, 0.25) is 0 Å². The maximum Gasteiger partial charge on any atom is 0.266 e. The average Bonchev–Trinajstić information content (AvgIpc) is 2.77. The van der Waals surface area contributed by atoms with Crippen LogP contribution in [0.25, 0.3) is 6.08 Å². The Balaban J connectivity index is 2.13. The molecule has 0 N–H and O–H groups in total. The highest BCUT2D eigenvalue weighted by Crippen LogP contribution is 2.31. The number of carbonyl (C=O) groups is 1. The van der Waals surface area contributed by atoms with Crippen molar-refractivity contribution >= 4 is 28.9 Å². The molecule has 4 nitrogen and oxygen atoms in total. The van der Waals surface area contributed by atoms with Crippen molar-refractivity contribution in [1.29, 1.82) is 0 Å². The van der Waals surface area contributed by atoms with E-state index < -0.39 is 0 Å². The van der Waals surface area contributed by atoms with E-state index in [-0.39, 0.29) is 12.0 Å². The van der Waals surface area contributed by atoms with Crippen molar-refractivity contribution < 1.29 is 9.53 Å². The summed E-state index contributed by atoms with van der Waals surface area (Å²) < 4.78 is 5.74. The number of amides is 1. The van der Waals surface area contributed by atoms with Crippen molar-refractivity contribution in [1.82, 2.24) is 4.90 Å². The molecule has 112 valence electrons. The number of hydrogen-bond acceptors (Lipinski definition) is 4. The number of amidine groups is 1. The van der Waals surface area contributed by atoms with Crippen LogP contribution in [0.3, 0.4) is 0 Å². The van der Waals surface area contributed by atoms with Crippen molar-refractivity contribution in [2.75, 3.05) is 14.1 Å². The van der Waals surface area contributed by atoms with Gasteiger partial charge >= 0.3 is 0 Å². The average molecular weight is 304 g/mol. The van der Waals surface area contributed by atoms with E-state index in [0.717, 1.165) is 22.9 Å². The zero-order valence-corrected chi connectivity index (χ0v) is 13.6. The molecule has 5 heteroatoms. The SMILES string of the molecule is CC[C@H](C)Oc1ccc(/C=C2\SC(=NC)N(C)C2=O)cc1. The van der Waals surface area contributed by atoms with Gasteiger partial charge < -0.3 is 4.74 Å². The lowest BCUT2D eigenvalue weighted by atomic mass is 10.2. The summed E-state index contributed by atoms with van der Waals surface area (Å²) in [4.78, 5) is 18.4. The van der Waals surface area contributed by atoms with Crippen LogP contribution in [0.4, 0.5) is 0 Å². The van der Waals surface area contributed by atoms with E-state index in [2.05, 4.69) is 11.9 Å². The van der Waals surface area contributed by atoms with Crippen LogP contribution in [0, 0.1) is 0 Å². The lowest BCUT2D eigenvalue weighted by Crippen LogP contribution is -2.23. The third-order valence-corrected chi connectivity index (χ3v) is 4.44. The highest BCUT2D eigenvalue weighted by atomic mass is 32.2. The Morgan fingerprint density at radius 3 is 2.57 bits per heavy atom. The summed E-state index contributed by atoms with van der Waals surface area (Å²) >= 11 is 1.40. The summed E-state index contributed by atoms with van der Waals surface area (Å²) in [6.45, 7) is 4.14. The second-order valence-electron chi connectivity index (χ2n) is 4.89. The normalized spacial score (nSPS) is 20.4. The zero-order valence-electron chi connectivity index (χ0n) is 12.8. The molecule has 1 aromatic carbocycles. The Morgan fingerprint density at radius 2 is 2.05 bits per heavy atom. The van der Waals surface area contributed by atoms with Crippen LogP contribution in [0.5, 0.6) is 5.75 Å². The third kappa shape index (κ3) is 3.67. The van der Waals surface area contributed by atoms with Gasteiger partial charge in [0.1, 0.15) is 5.75 Å². The fourth-order valence-electron chi connectivity index (χ4n) is 1.86. The van der Waals surface area contributed by atoms with Gasteiger partial charge in [0.25, 0.3) is 5.91 Å². The molecule has 0 saturated carbocycles. The molecule has 1 fully saturated rings. The molecule has 1 saturated heterocycles. The second kappa shape index (κ2) is 6.80. The Kier molecular flexibility index (Phi) is 5.07. The van der Waals surface area contributed by atoms with Crippen LogP contribution in [-0.2, 0) is 4.79 Å². The fraction of sp³-hybridized carbons (Fsp3) is 0.375. The number of hydrogen-bond donors (Lipinski definition) is 0. The lowest BCUT2D eigenvalue weighted by molar-refractivity contribution is -0.121. The molecular weight excluding hydrogens is 284 g/mol. The van der Waals surface area contributed by atoms with Gasteiger partial charge in [-0.25, -0.2) is 0 Å². The predicted molar refractivity (Wildman–Crippen MR) is 88.5 cm³/mol. The van der Waals surface area contributed by atoms with Crippen LogP contribution < -0.4 is 4.74 Å². The molecule has 1 amide bonds. The van der Waals surface area contributed by atoms with E-state index in [9.17, 15) is 4.79 Å². The van der Waals surface area contributed by atoms with Gasteiger partial charge in [0, 0.05) is 14.1 Å². The van der Waals surface area contributed by atoms with Crippen LogP contribution in [-0.4, -0.2) is 36.2 Å². The Labute approximate surface area is 129 Å². The summed E-state index contributed by atoms with van der Waals surface area (Å²) in [5.74, 6) is 0.838. The van der Waals surface area contributed by atoms with Gasteiger partial charge in [-0.3, -0.25) is 14.7 Å². The molecule has 1 atom stereocenters. The van der Waals surface area contributed by atoms with E-state index in [1.54, 1.807) is 19.0 Å². The van der Waals surface area contributed by atoms with Gasteiger partial charge in [0.2, 0.25) is 0 Å². The minimum absolute atomic E-state index is 0.0134. The van der Waals surface area contributed by atoms with Gasteiger partial charge in [-0.05, 0) is 48.9 Å². The van der Waals surface area contributed by atoms with Gasteiger partial charge in [-0.1, -0.05) is 19.1 Å². The number of nitrogens with zero attached hydrogens (tertiary/aromatic N) is 2. The summed E-state index contributed by atoms with van der Waals surface area (Å²) in [6.07, 6.45) is 3.06. The largest absolute Gasteiger partial charge is 0.491 e. The first-order chi connectivity index (χ1) is 10.0. The molecule has 0 unspecified atom stereocenters. The van der Waals surface area contributed by atoms with E-state index in [4.69, 9.17) is 4.74 Å². The minimum Gasteiger partial charge on any atom is -0.491 e. The van der Waals surface area contributed by atoms with Gasteiger partial charge in [0.15, 0.2) is 5.17 Å². The van der Waals surface area contributed by atoms with Crippen LogP contribution in [0.1, 0.15) is 25.8 Å². The number of thioether (sulfide) groups is 1. The number of carbonyl (C=O) groups excluding carboxylic acids is 1. The molecule has 0 aromatic heterocycles. The van der Waals surface area contributed by atoms with Crippen LogP contribution in [0.15, 0.2) is 34.2 Å². The molecule has 0 spiro atoms. The number of aliphatic imine (C=N–C) groups is 1.